The highest BCUT2D eigenvalue weighted by molar-refractivity contribution is 5.99. The number of nitriles is 1. The summed E-state index contributed by atoms with van der Waals surface area (Å²) >= 11 is 0. The van der Waals surface area contributed by atoms with Crippen LogP contribution in [0.4, 0.5) is 11.8 Å². The third-order valence-corrected chi connectivity index (χ3v) is 6.64. The summed E-state index contributed by atoms with van der Waals surface area (Å²) in [4.78, 5) is 39.1. The van der Waals surface area contributed by atoms with Crippen molar-refractivity contribution in [1.82, 2.24) is 15.0 Å². The van der Waals surface area contributed by atoms with Gasteiger partial charge in [-0.2, -0.15) is 10.2 Å². The molecule has 4 unspecified atom stereocenters. The third kappa shape index (κ3) is 3.00. The topological polar surface area (TPSA) is 118 Å². The Labute approximate surface area is 179 Å². The lowest BCUT2D eigenvalue weighted by Gasteiger charge is -2.40. The Balaban J connectivity index is 1.69. The minimum absolute atomic E-state index is 0.237. The van der Waals surface area contributed by atoms with Crippen LogP contribution in [-0.2, 0) is 4.79 Å². The normalized spacial score (nSPS) is 25.7. The SMILES string of the molecule is CC1CCCC(C)N1c1nc2c(c(=O)[nH]1)C(c1c[nH]c3ccccc13)C(C#N)C(=O)N2. The molecule has 5 rings (SSSR count). The first-order valence-electron chi connectivity index (χ1n) is 10.7. The molecule has 2 aliphatic heterocycles. The van der Waals surface area contributed by atoms with Crippen LogP contribution >= 0.6 is 0 Å². The van der Waals surface area contributed by atoms with E-state index in [9.17, 15) is 14.9 Å². The summed E-state index contributed by atoms with van der Waals surface area (Å²) < 4.78 is 0. The Kier molecular flexibility index (Phi) is 4.54. The number of carbonyl (C=O) groups excluding carboxylic acids is 1. The van der Waals surface area contributed by atoms with E-state index in [1.807, 2.05) is 24.3 Å². The standard InChI is InChI=1S/C23H24N6O2/c1-12-6-5-7-13(2)29(12)23-27-20-19(22(31)28-23)18(15(10-24)21(30)26-20)16-11-25-17-9-4-3-8-14(16)17/h3-4,8-9,11-13,15,18,25H,5-7H2,1-2H3,(H2,26,27,28,30,31). The van der Waals surface area contributed by atoms with Gasteiger partial charge in [0.1, 0.15) is 11.7 Å². The number of H-pyrrole nitrogens is 2. The highest BCUT2D eigenvalue weighted by atomic mass is 16.2. The number of carbonyl (C=O) groups is 1. The van der Waals surface area contributed by atoms with Gasteiger partial charge in [-0.25, -0.2) is 0 Å². The maximum atomic E-state index is 13.4. The molecule has 3 aromatic rings. The molecule has 0 spiro atoms. The fourth-order valence-corrected chi connectivity index (χ4v) is 5.15. The van der Waals surface area contributed by atoms with Gasteiger partial charge in [-0.3, -0.25) is 14.6 Å². The number of nitrogens with one attached hydrogen (secondary N) is 3. The summed E-state index contributed by atoms with van der Waals surface area (Å²) in [6, 6.07) is 10.2. The van der Waals surface area contributed by atoms with Gasteiger partial charge in [-0.05, 0) is 44.7 Å². The average molecular weight is 416 g/mol. The molecule has 8 nitrogen and oxygen atoms in total. The lowest BCUT2D eigenvalue weighted by Crippen LogP contribution is -2.46. The first-order chi connectivity index (χ1) is 15.0. The summed E-state index contributed by atoms with van der Waals surface area (Å²) in [7, 11) is 0. The number of benzene rings is 1. The van der Waals surface area contributed by atoms with Crippen LogP contribution in [0.15, 0.2) is 35.3 Å². The fraction of sp³-hybridized carbons (Fsp3) is 0.391. The summed E-state index contributed by atoms with van der Waals surface area (Å²) in [6.07, 6.45) is 4.96. The zero-order valence-corrected chi connectivity index (χ0v) is 17.5. The Morgan fingerprint density at radius 3 is 2.65 bits per heavy atom. The van der Waals surface area contributed by atoms with E-state index < -0.39 is 17.7 Å². The van der Waals surface area contributed by atoms with Gasteiger partial charge >= 0.3 is 0 Å². The van der Waals surface area contributed by atoms with Crippen LogP contribution in [0.5, 0.6) is 0 Å². The number of piperidine rings is 1. The number of fused-ring (bicyclic) bond motifs is 2. The zero-order chi connectivity index (χ0) is 21.7. The van der Waals surface area contributed by atoms with E-state index in [0.29, 0.717) is 11.5 Å². The zero-order valence-electron chi connectivity index (χ0n) is 17.5. The van der Waals surface area contributed by atoms with Crippen molar-refractivity contribution in [3.05, 3.63) is 51.9 Å². The van der Waals surface area contributed by atoms with Crippen LogP contribution in [-0.4, -0.2) is 32.9 Å². The molecule has 1 amide bonds. The van der Waals surface area contributed by atoms with Gasteiger partial charge in [0.05, 0.1) is 11.6 Å². The summed E-state index contributed by atoms with van der Waals surface area (Å²) in [5.41, 5.74) is 1.65. The molecular formula is C23H24N6O2. The molecule has 4 heterocycles. The molecule has 31 heavy (non-hydrogen) atoms. The van der Waals surface area contributed by atoms with Crippen LogP contribution in [0.2, 0.25) is 0 Å². The molecule has 0 bridgehead atoms. The Bertz CT molecular complexity index is 1260. The molecule has 2 aliphatic rings. The number of hydrogen-bond acceptors (Lipinski definition) is 5. The maximum Gasteiger partial charge on any atom is 0.258 e. The number of aromatic amines is 2. The highest BCUT2D eigenvalue weighted by Gasteiger charge is 2.41. The molecule has 8 heteroatoms. The predicted molar refractivity (Wildman–Crippen MR) is 118 cm³/mol. The summed E-state index contributed by atoms with van der Waals surface area (Å²) in [5.74, 6) is -1.44. The van der Waals surface area contributed by atoms with Crippen molar-refractivity contribution >= 4 is 28.6 Å². The Morgan fingerprint density at radius 1 is 1.16 bits per heavy atom. The van der Waals surface area contributed by atoms with Crippen molar-refractivity contribution in [2.24, 2.45) is 5.92 Å². The van der Waals surface area contributed by atoms with E-state index in [-0.39, 0.29) is 23.5 Å². The van der Waals surface area contributed by atoms with Crippen LogP contribution in [0.25, 0.3) is 10.9 Å². The van der Waals surface area contributed by atoms with Gasteiger partial charge < -0.3 is 15.2 Å². The molecule has 158 valence electrons. The molecule has 0 radical (unpaired) electrons. The lowest BCUT2D eigenvalue weighted by atomic mass is 9.79. The largest absolute Gasteiger partial charge is 0.361 e. The monoisotopic (exact) mass is 416 g/mol. The van der Waals surface area contributed by atoms with Gasteiger partial charge in [0.25, 0.3) is 5.56 Å². The van der Waals surface area contributed by atoms with Crippen LogP contribution in [0.1, 0.15) is 50.2 Å². The van der Waals surface area contributed by atoms with Gasteiger partial charge in [0.15, 0.2) is 0 Å². The smallest absolute Gasteiger partial charge is 0.258 e. The quantitative estimate of drug-likeness (QED) is 0.593. The third-order valence-electron chi connectivity index (χ3n) is 6.64. The number of anilines is 2. The second-order valence-electron chi connectivity index (χ2n) is 8.55. The van der Waals surface area contributed by atoms with Gasteiger partial charge in [0.2, 0.25) is 11.9 Å². The van der Waals surface area contributed by atoms with Crippen LogP contribution < -0.4 is 15.8 Å². The predicted octanol–water partition coefficient (Wildman–Crippen LogP) is 3.24. The van der Waals surface area contributed by atoms with Crippen molar-refractivity contribution < 1.29 is 4.79 Å². The minimum atomic E-state index is -1.02. The van der Waals surface area contributed by atoms with Gasteiger partial charge in [0, 0.05) is 35.1 Å². The van der Waals surface area contributed by atoms with Crippen molar-refractivity contribution in [3.63, 3.8) is 0 Å². The first-order valence-corrected chi connectivity index (χ1v) is 10.7. The van der Waals surface area contributed by atoms with Gasteiger partial charge in [-0.15, -0.1) is 0 Å². The lowest BCUT2D eigenvalue weighted by molar-refractivity contribution is -0.119. The summed E-state index contributed by atoms with van der Waals surface area (Å²) in [5, 5.41) is 13.4. The number of rotatable bonds is 2. The van der Waals surface area contributed by atoms with Crippen LogP contribution in [0, 0.1) is 17.2 Å². The average Bonchev–Trinajstić information content (AvgIpc) is 3.16. The van der Waals surface area contributed by atoms with Gasteiger partial charge in [-0.1, -0.05) is 18.2 Å². The van der Waals surface area contributed by atoms with Crippen molar-refractivity contribution in [1.29, 1.82) is 5.26 Å². The molecule has 0 aliphatic carbocycles. The fourth-order valence-electron chi connectivity index (χ4n) is 5.15. The molecule has 1 aromatic carbocycles. The number of nitrogens with zero attached hydrogens (tertiary/aromatic N) is 3. The Morgan fingerprint density at radius 2 is 1.90 bits per heavy atom. The second kappa shape index (κ2) is 7.27. The van der Waals surface area contributed by atoms with E-state index in [1.165, 1.54) is 0 Å². The Hall–Kier alpha value is -3.60. The van der Waals surface area contributed by atoms with Crippen molar-refractivity contribution in [2.75, 3.05) is 10.2 Å². The molecule has 2 aromatic heterocycles. The molecule has 1 fully saturated rings. The van der Waals surface area contributed by atoms with Crippen LogP contribution in [0.3, 0.4) is 0 Å². The number of aromatic nitrogens is 3. The van der Waals surface area contributed by atoms with E-state index in [4.69, 9.17) is 0 Å². The highest BCUT2D eigenvalue weighted by Crippen LogP contribution is 2.41. The van der Waals surface area contributed by atoms with E-state index in [0.717, 1.165) is 35.7 Å². The minimum Gasteiger partial charge on any atom is -0.361 e. The molecular weight excluding hydrogens is 392 g/mol. The number of hydrogen-bond donors (Lipinski definition) is 3. The van der Waals surface area contributed by atoms with Crippen molar-refractivity contribution in [3.8, 4) is 6.07 Å². The summed E-state index contributed by atoms with van der Waals surface area (Å²) in [6.45, 7) is 4.24. The van der Waals surface area contributed by atoms with E-state index in [1.54, 1.807) is 6.20 Å². The second-order valence-corrected chi connectivity index (χ2v) is 8.55. The van der Waals surface area contributed by atoms with E-state index >= 15 is 0 Å². The molecule has 0 saturated carbocycles. The molecule has 4 atom stereocenters. The van der Waals surface area contributed by atoms with Crippen molar-refractivity contribution in [2.45, 2.75) is 51.1 Å². The number of para-hydroxylation sites is 1. The molecule has 1 saturated heterocycles. The van der Waals surface area contributed by atoms with E-state index in [2.05, 4.69) is 45.1 Å². The molecule has 3 N–H and O–H groups in total. The first kappa shape index (κ1) is 19.4. The maximum absolute atomic E-state index is 13.4. The number of amides is 1.